The van der Waals surface area contributed by atoms with E-state index in [9.17, 15) is 0 Å². The fraction of sp³-hybridized carbons (Fsp3) is 0.667. The van der Waals surface area contributed by atoms with Gasteiger partial charge in [-0.1, -0.05) is 6.92 Å². The molecule has 2 unspecified atom stereocenters. The standard InChI is InChI=1S/C12H19NOS/c1-2-6-13-12(10-5-8-15-9-10)11-4-3-7-14-11/h3-4,7,10,12-13H,2,5-6,8-9H2,1H3. The van der Waals surface area contributed by atoms with Gasteiger partial charge in [0, 0.05) is 0 Å². The zero-order valence-electron chi connectivity index (χ0n) is 9.24. The van der Waals surface area contributed by atoms with Crippen LogP contribution in [0.5, 0.6) is 0 Å². The highest BCUT2D eigenvalue weighted by Gasteiger charge is 2.27. The molecule has 2 rings (SSSR count). The van der Waals surface area contributed by atoms with Gasteiger partial charge in [-0.25, -0.2) is 0 Å². The van der Waals surface area contributed by atoms with Crippen molar-refractivity contribution in [2.75, 3.05) is 18.1 Å². The summed E-state index contributed by atoms with van der Waals surface area (Å²) in [4.78, 5) is 0. The van der Waals surface area contributed by atoms with E-state index in [1.54, 1.807) is 6.26 Å². The SMILES string of the molecule is CCCNC(c1ccco1)C1CCSC1. The molecule has 3 heteroatoms. The van der Waals surface area contributed by atoms with Crippen LogP contribution in [0.4, 0.5) is 0 Å². The van der Waals surface area contributed by atoms with Crippen molar-refractivity contribution < 1.29 is 4.42 Å². The Morgan fingerprint density at radius 3 is 3.20 bits per heavy atom. The van der Waals surface area contributed by atoms with Crippen LogP contribution in [0.3, 0.4) is 0 Å². The molecule has 2 atom stereocenters. The van der Waals surface area contributed by atoms with Gasteiger partial charge >= 0.3 is 0 Å². The predicted molar refractivity (Wildman–Crippen MR) is 65.2 cm³/mol. The topological polar surface area (TPSA) is 25.2 Å². The molecule has 2 nitrogen and oxygen atoms in total. The molecule has 1 aromatic heterocycles. The number of rotatable bonds is 5. The quantitative estimate of drug-likeness (QED) is 0.833. The molecule has 15 heavy (non-hydrogen) atoms. The van der Waals surface area contributed by atoms with Gasteiger partial charge in [0.2, 0.25) is 0 Å². The van der Waals surface area contributed by atoms with E-state index in [-0.39, 0.29) is 0 Å². The molecular formula is C12H19NOS. The van der Waals surface area contributed by atoms with E-state index in [2.05, 4.69) is 30.1 Å². The second-order valence-corrected chi connectivity index (χ2v) is 5.22. The van der Waals surface area contributed by atoms with Crippen molar-refractivity contribution in [3.63, 3.8) is 0 Å². The van der Waals surface area contributed by atoms with Crippen LogP contribution in [0.25, 0.3) is 0 Å². The second-order valence-electron chi connectivity index (χ2n) is 4.07. The first-order chi connectivity index (χ1) is 7.42. The minimum absolute atomic E-state index is 0.426. The maximum Gasteiger partial charge on any atom is 0.120 e. The van der Waals surface area contributed by atoms with Crippen LogP contribution in [-0.2, 0) is 0 Å². The fourth-order valence-corrected chi connectivity index (χ4v) is 3.38. The van der Waals surface area contributed by atoms with Gasteiger partial charge in [0.1, 0.15) is 5.76 Å². The van der Waals surface area contributed by atoms with Crippen molar-refractivity contribution in [3.05, 3.63) is 24.2 Å². The van der Waals surface area contributed by atoms with E-state index in [1.807, 2.05) is 6.07 Å². The first-order valence-electron chi connectivity index (χ1n) is 5.76. The maximum absolute atomic E-state index is 5.53. The van der Waals surface area contributed by atoms with Crippen molar-refractivity contribution in [1.82, 2.24) is 5.32 Å². The van der Waals surface area contributed by atoms with Crippen LogP contribution in [0.1, 0.15) is 31.6 Å². The van der Waals surface area contributed by atoms with Crippen LogP contribution in [0, 0.1) is 5.92 Å². The van der Waals surface area contributed by atoms with Gasteiger partial charge in [-0.15, -0.1) is 0 Å². The molecule has 2 heterocycles. The lowest BCUT2D eigenvalue weighted by Crippen LogP contribution is -2.28. The van der Waals surface area contributed by atoms with Crippen molar-refractivity contribution in [2.24, 2.45) is 5.92 Å². The number of thioether (sulfide) groups is 1. The first kappa shape index (κ1) is 11.1. The fourth-order valence-electron chi connectivity index (χ4n) is 2.08. The lowest BCUT2D eigenvalue weighted by molar-refractivity contribution is 0.330. The van der Waals surface area contributed by atoms with E-state index in [1.165, 1.54) is 24.3 Å². The van der Waals surface area contributed by atoms with Crippen LogP contribution in [0.2, 0.25) is 0 Å². The van der Waals surface area contributed by atoms with Gasteiger partial charge in [-0.2, -0.15) is 11.8 Å². The molecule has 0 spiro atoms. The summed E-state index contributed by atoms with van der Waals surface area (Å²) in [7, 11) is 0. The third-order valence-corrected chi connectivity index (χ3v) is 4.09. The Balaban J connectivity index is 2.01. The Hall–Kier alpha value is -0.410. The van der Waals surface area contributed by atoms with Crippen LogP contribution < -0.4 is 5.32 Å². The molecule has 1 N–H and O–H groups in total. The molecule has 84 valence electrons. The van der Waals surface area contributed by atoms with Gasteiger partial charge in [-0.3, -0.25) is 0 Å². The average Bonchev–Trinajstić information content (AvgIpc) is 2.90. The number of hydrogen-bond donors (Lipinski definition) is 1. The molecule has 0 aliphatic carbocycles. The molecule has 1 aliphatic rings. The van der Waals surface area contributed by atoms with E-state index >= 15 is 0 Å². The molecule has 1 aliphatic heterocycles. The molecule has 0 saturated carbocycles. The van der Waals surface area contributed by atoms with Gasteiger partial charge in [0.15, 0.2) is 0 Å². The van der Waals surface area contributed by atoms with Crippen molar-refractivity contribution in [1.29, 1.82) is 0 Å². The third kappa shape index (κ3) is 2.79. The third-order valence-electron chi connectivity index (χ3n) is 2.90. The summed E-state index contributed by atoms with van der Waals surface area (Å²) in [6, 6.07) is 4.50. The maximum atomic E-state index is 5.53. The molecule has 0 radical (unpaired) electrons. The van der Waals surface area contributed by atoms with Gasteiger partial charge < -0.3 is 9.73 Å². The normalized spacial score (nSPS) is 23.1. The monoisotopic (exact) mass is 225 g/mol. The molecule has 0 amide bonds. The zero-order valence-corrected chi connectivity index (χ0v) is 10.1. The van der Waals surface area contributed by atoms with E-state index in [0.29, 0.717) is 6.04 Å². The Morgan fingerprint density at radius 2 is 2.60 bits per heavy atom. The second kappa shape index (κ2) is 5.61. The van der Waals surface area contributed by atoms with Crippen molar-refractivity contribution in [3.8, 4) is 0 Å². The lowest BCUT2D eigenvalue weighted by Gasteiger charge is -2.22. The van der Waals surface area contributed by atoms with Gasteiger partial charge in [0.25, 0.3) is 0 Å². The highest BCUT2D eigenvalue weighted by Crippen LogP contribution is 2.34. The Labute approximate surface area is 95.8 Å². The zero-order chi connectivity index (χ0) is 10.5. The number of nitrogens with one attached hydrogen (secondary N) is 1. The van der Waals surface area contributed by atoms with Crippen LogP contribution >= 0.6 is 11.8 Å². The minimum Gasteiger partial charge on any atom is -0.468 e. The van der Waals surface area contributed by atoms with Gasteiger partial charge in [-0.05, 0) is 48.9 Å². The summed E-state index contributed by atoms with van der Waals surface area (Å²) < 4.78 is 5.53. The summed E-state index contributed by atoms with van der Waals surface area (Å²) in [5, 5.41) is 3.61. The minimum atomic E-state index is 0.426. The Kier molecular flexibility index (Phi) is 4.15. The first-order valence-corrected chi connectivity index (χ1v) is 6.92. The van der Waals surface area contributed by atoms with Crippen molar-refractivity contribution in [2.45, 2.75) is 25.8 Å². The molecule has 0 aromatic carbocycles. The Morgan fingerprint density at radius 1 is 1.67 bits per heavy atom. The summed E-state index contributed by atoms with van der Waals surface area (Å²) in [5.41, 5.74) is 0. The summed E-state index contributed by atoms with van der Waals surface area (Å²) in [6.45, 7) is 3.28. The number of furan rings is 1. The van der Waals surface area contributed by atoms with Gasteiger partial charge in [0.05, 0.1) is 12.3 Å². The van der Waals surface area contributed by atoms with E-state index in [4.69, 9.17) is 4.42 Å². The largest absolute Gasteiger partial charge is 0.468 e. The molecule has 1 aromatic rings. The highest BCUT2D eigenvalue weighted by atomic mass is 32.2. The summed E-state index contributed by atoms with van der Waals surface area (Å²) >= 11 is 2.06. The van der Waals surface area contributed by atoms with E-state index < -0.39 is 0 Å². The molecular weight excluding hydrogens is 206 g/mol. The molecule has 1 fully saturated rings. The summed E-state index contributed by atoms with van der Waals surface area (Å²) in [5.74, 6) is 4.42. The van der Waals surface area contributed by atoms with Crippen LogP contribution in [-0.4, -0.2) is 18.1 Å². The predicted octanol–water partition coefficient (Wildman–Crippen LogP) is 3.07. The van der Waals surface area contributed by atoms with Crippen LogP contribution in [0.15, 0.2) is 22.8 Å². The lowest BCUT2D eigenvalue weighted by atomic mass is 9.97. The average molecular weight is 225 g/mol. The highest BCUT2D eigenvalue weighted by molar-refractivity contribution is 7.99. The smallest absolute Gasteiger partial charge is 0.120 e. The molecule has 1 saturated heterocycles. The van der Waals surface area contributed by atoms with E-state index in [0.717, 1.165) is 18.2 Å². The molecule has 0 bridgehead atoms. The summed E-state index contributed by atoms with van der Waals surface area (Å²) in [6.07, 6.45) is 4.27. The number of hydrogen-bond acceptors (Lipinski definition) is 3. The Bertz CT molecular complexity index is 267. The van der Waals surface area contributed by atoms with Crippen molar-refractivity contribution >= 4 is 11.8 Å².